The van der Waals surface area contributed by atoms with E-state index in [0.717, 1.165) is 41.5 Å². The van der Waals surface area contributed by atoms with E-state index in [9.17, 15) is 0 Å². The molecule has 6 nitrogen and oxygen atoms in total. The van der Waals surface area contributed by atoms with Crippen molar-refractivity contribution in [2.75, 3.05) is 26.3 Å². The molecule has 0 unspecified atom stereocenters. The molecule has 0 saturated carbocycles. The van der Waals surface area contributed by atoms with Crippen molar-refractivity contribution in [1.82, 2.24) is 20.0 Å². The van der Waals surface area contributed by atoms with Crippen LogP contribution in [0.25, 0.3) is 5.65 Å². The predicted octanol–water partition coefficient (Wildman–Crippen LogP) is 2.19. The summed E-state index contributed by atoms with van der Waals surface area (Å²) in [5.41, 5.74) is 1.85. The Balaban J connectivity index is 1.98. The molecule has 120 valence electrons. The van der Waals surface area contributed by atoms with Gasteiger partial charge in [0.2, 0.25) is 0 Å². The van der Waals surface area contributed by atoms with Gasteiger partial charge >= 0.3 is 0 Å². The Bertz CT molecular complexity index is 625. The van der Waals surface area contributed by atoms with Crippen molar-refractivity contribution in [3.05, 3.63) is 34.7 Å². The van der Waals surface area contributed by atoms with Gasteiger partial charge in [-0.3, -0.25) is 0 Å². The molecule has 2 heterocycles. The zero-order chi connectivity index (χ0) is 15.8. The summed E-state index contributed by atoms with van der Waals surface area (Å²) in [5, 5.41) is 6.45. The fourth-order valence-corrected chi connectivity index (χ4v) is 2.33. The van der Waals surface area contributed by atoms with E-state index in [4.69, 9.17) is 4.74 Å². The van der Waals surface area contributed by atoms with Crippen molar-refractivity contribution in [3.63, 3.8) is 0 Å². The van der Waals surface area contributed by atoms with Gasteiger partial charge in [0.15, 0.2) is 5.96 Å². The van der Waals surface area contributed by atoms with Gasteiger partial charge in [-0.25, -0.2) is 9.98 Å². The first kappa shape index (κ1) is 16.8. The number of nitrogens with one attached hydrogen (secondary N) is 2. The van der Waals surface area contributed by atoms with Gasteiger partial charge in [-0.1, -0.05) is 0 Å². The molecule has 2 N–H and O–H groups in total. The van der Waals surface area contributed by atoms with E-state index in [1.165, 1.54) is 0 Å². The summed E-state index contributed by atoms with van der Waals surface area (Å²) in [6, 6.07) is 3.96. The highest BCUT2D eigenvalue weighted by Crippen LogP contribution is 2.12. The van der Waals surface area contributed by atoms with Gasteiger partial charge in [0.1, 0.15) is 5.65 Å². The number of fused-ring (bicyclic) bond motifs is 1. The second kappa shape index (κ2) is 8.75. The van der Waals surface area contributed by atoms with Crippen LogP contribution < -0.4 is 10.6 Å². The second-order valence-corrected chi connectivity index (χ2v) is 5.58. The molecule has 7 heteroatoms. The average molecular weight is 368 g/mol. The van der Waals surface area contributed by atoms with Crippen LogP contribution in [0, 0.1) is 0 Å². The summed E-state index contributed by atoms with van der Waals surface area (Å²) < 4.78 is 8.33. The van der Waals surface area contributed by atoms with Crippen LogP contribution >= 0.6 is 15.9 Å². The third-order valence-electron chi connectivity index (χ3n) is 2.95. The Labute approximate surface area is 139 Å². The normalized spacial score (nSPS) is 11.9. The molecule has 2 aromatic heterocycles. The molecule has 0 aromatic carbocycles. The summed E-state index contributed by atoms with van der Waals surface area (Å²) >= 11 is 3.46. The first-order valence-corrected chi connectivity index (χ1v) is 8.25. The van der Waals surface area contributed by atoms with E-state index in [-0.39, 0.29) is 0 Å². The predicted molar refractivity (Wildman–Crippen MR) is 92.2 cm³/mol. The number of guanidine groups is 1. The van der Waals surface area contributed by atoms with Gasteiger partial charge in [0, 0.05) is 36.6 Å². The number of hydrogen-bond donors (Lipinski definition) is 2. The van der Waals surface area contributed by atoms with Crippen molar-refractivity contribution in [2.45, 2.75) is 20.4 Å². The smallest absolute Gasteiger partial charge is 0.191 e. The van der Waals surface area contributed by atoms with Crippen LogP contribution in [0.5, 0.6) is 0 Å². The fraction of sp³-hybridized carbons (Fsp3) is 0.467. The maximum Gasteiger partial charge on any atom is 0.191 e. The van der Waals surface area contributed by atoms with E-state index < -0.39 is 0 Å². The molecule has 0 aliphatic carbocycles. The Kier molecular flexibility index (Phi) is 6.67. The molecule has 22 heavy (non-hydrogen) atoms. The van der Waals surface area contributed by atoms with Crippen molar-refractivity contribution in [2.24, 2.45) is 4.99 Å². The van der Waals surface area contributed by atoms with Crippen LogP contribution in [0.2, 0.25) is 0 Å². The Morgan fingerprint density at radius 3 is 2.95 bits per heavy atom. The van der Waals surface area contributed by atoms with Crippen LogP contribution in [0.1, 0.15) is 19.5 Å². The van der Waals surface area contributed by atoms with Gasteiger partial charge in [0.25, 0.3) is 0 Å². The highest BCUT2D eigenvalue weighted by molar-refractivity contribution is 9.10. The summed E-state index contributed by atoms with van der Waals surface area (Å²) in [5.74, 6) is 0.778. The third-order valence-corrected chi connectivity index (χ3v) is 3.42. The third kappa shape index (κ3) is 4.99. The molecular weight excluding hydrogens is 346 g/mol. The van der Waals surface area contributed by atoms with Crippen LogP contribution in [0.3, 0.4) is 0 Å². The van der Waals surface area contributed by atoms with E-state index in [2.05, 4.69) is 36.5 Å². The number of imidazole rings is 1. The summed E-state index contributed by atoms with van der Waals surface area (Å²) in [6.45, 7) is 7.51. The van der Waals surface area contributed by atoms with E-state index in [1.54, 1.807) is 0 Å². The molecule has 0 spiro atoms. The molecule has 0 atom stereocenters. The average Bonchev–Trinajstić information content (AvgIpc) is 2.91. The standard InChI is InChI=1S/C15H22BrN5O/c1-3-17-15(18-7-8-22-4-2)19-9-13-11-21-10-12(16)5-6-14(21)20-13/h5-6,10-11H,3-4,7-9H2,1-2H3,(H2,17,18,19). The zero-order valence-corrected chi connectivity index (χ0v) is 14.6. The largest absolute Gasteiger partial charge is 0.380 e. The number of aliphatic imine (C=N–C) groups is 1. The Hall–Kier alpha value is -1.60. The maximum absolute atomic E-state index is 5.31. The quantitative estimate of drug-likeness (QED) is 0.447. The van der Waals surface area contributed by atoms with Crippen LogP contribution in [-0.2, 0) is 11.3 Å². The Morgan fingerprint density at radius 1 is 1.32 bits per heavy atom. The van der Waals surface area contributed by atoms with Crippen LogP contribution in [0.15, 0.2) is 34.0 Å². The fourth-order valence-electron chi connectivity index (χ4n) is 1.98. The van der Waals surface area contributed by atoms with Crippen molar-refractivity contribution < 1.29 is 4.74 Å². The number of nitrogens with zero attached hydrogens (tertiary/aromatic N) is 3. The minimum Gasteiger partial charge on any atom is -0.380 e. The minimum atomic E-state index is 0.531. The molecule has 0 fully saturated rings. The van der Waals surface area contributed by atoms with E-state index >= 15 is 0 Å². The molecule has 2 aromatic rings. The van der Waals surface area contributed by atoms with Crippen molar-refractivity contribution in [3.8, 4) is 0 Å². The first-order chi connectivity index (χ1) is 10.7. The van der Waals surface area contributed by atoms with Crippen molar-refractivity contribution in [1.29, 1.82) is 0 Å². The van der Waals surface area contributed by atoms with Gasteiger partial charge < -0.3 is 19.8 Å². The Morgan fingerprint density at radius 2 is 2.18 bits per heavy atom. The van der Waals surface area contributed by atoms with Gasteiger partial charge in [-0.2, -0.15) is 0 Å². The van der Waals surface area contributed by atoms with Crippen LogP contribution in [-0.4, -0.2) is 41.6 Å². The van der Waals surface area contributed by atoms with Crippen molar-refractivity contribution >= 4 is 27.5 Å². The molecule has 0 amide bonds. The monoisotopic (exact) mass is 367 g/mol. The molecule has 2 rings (SSSR count). The van der Waals surface area contributed by atoms with Gasteiger partial charge in [-0.05, 0) is 41.9 Å². The lowest BCUT2D eigenvalue weighted by molar-refractivity contribution is 0.152. The number of rotatable bonds is 7. The minimum absolute atomic E-state index is 0.531. The lowest BCUT2D eigenvalue weighted by Gasteiger charge is -2.10. The molecular formula is C15H22BrN5O. The SMILES string of the molecule is CCNC(=NCc1cn2cc(Br)ccc2n1)NCCOCC. The van der Waals surface area contributed by atoms with Gasteiger partial charge in [0.05, 0.1) is 18.8 Å². The number of aromatic nitrogens is 2. The maximum atomic E-state index is 5.31. The number of halogens is 1. The summed E-state index contributed by atoms with van der Waals surface area (Å²) in [4.78, 5) is 9.10. The van der Waals surface area contributed by atoms with E-state index in [1.807, 2.05) is 42.8 Å². The van der Waals surface area contributed by atoms with Gasteiger partial charge in [-0.15, -0.1) is 0 Å². The lowest BCUT2D eigenvalue weighted by Crippen LogP contribution is -2.39. The summed E-state index contributed by atoms with van der Waals surface area (Å²) in [7, 11) is 0. The number of ether oxygens (including phenoxy) is 1. The molecule has 0 radical (unpaired) electrons. The molecule has 0 bridgehead atoms. The molecule has 0 saturated heterocycles. The molecule has 0 aliphatic heterocycles. The number of hydrogen-bond acceptors (Lipinski definition) is 3. The number of pyridine rings is 1. The summed E-state index contributed by atoms with van der Waals surface area (Å²) in [6.07, 6.45) is 3.98. The topological polar surface area (TPSA) is 63.0 Å². The highest BCUT2D eigenvalue weighted by Gasteiger charge is 2.02. The van der Waals surface area contributed by atoms with Crippen LogP contribution in [0.4, 0.5) is 0 Å². The zero-order valence-electron chi connectivity index (χ0n) is 13.0. The highest BCUT2D eigenvalue weighted by atomic mass is 79.9. The van der Waals surface area contributed by atoms with E-state index in [0.29, 0.717) is 13.2 Å². The lowest BCUT2D eigenvalue weighted by atomic mass is 10.5. The molecule has 0 aliphatic rings. The second-order valence-electron chi connectivity index (χ2n) is 4.66. The first-order valence-electron chi connectivity index (χ1n) is 7.46.